The minimum Gasteiger partial charge on any atom is -0.550 e. The van der Waals surface area contributed by atoms with E-state index in [1.54, 1.807) is 24.3 Å². The van der Waals surface area contributed by atoms with Crippen LogP contribution in [0, 0.1) is 5.41 Å². The monoisotopic (exact) mass is 798 g/mol. The number of carboxylic acid groups (broad SMARTS) is 2. The maximum absolute atomic E-state index is 12.5. The molecule has 0 saturated carbocycles. The molecule has 4 rings (SSSR count). The first-order valence-electron chi connectivity index (χ1n) is 16.1. The van der Waals surface area contributed by atoms with E-state index in [0.717, 1.165) is 27.6 Å². The van der Waals surface area contributed by atoms with Gasteiger partial charge in [-0.3, -0.25) is 4.79 Å². The van der Waals surface area contributed by atoms with Crippen LogP contribution in [-0.2, 0) is 38.1 Å². The van der Waals surface area contributed by atoms with Crippen molar-refractivity contribution in [1.82, 2.24) is 0 Å². The molecular formula is C39H35NaO15S. The minimum atomic E-state index is -1.52. The number of carbonyl (C=O) groups is 6. The molecular weight excluding hydrogens is 763 g/mol. The topological polar surface area (TPSA) is 229 Å². The van der Waals surface area contributed by atoms with Gasteiger partial charge in [-0.1, -0.05) is 44.0 Å². The molecule has 15 nitrogen and oxygen atoms in total. The predicted molar refractivity (Wildman–Crippen MR) is 196 cm³/mol. The molecule has 0 aliphatic carbocycles. The van der Waals surface area contributed by atoms with Gasteiger partial charge in [-0.05, 0) is 42.5 Å². The molecule has 0 bridgehead atoms. The minimum absolute atomic E-state index is 0. The Morgan fingerprint density at radius 1 is 0.732 bits per heavy atom. The van der Waals surface area contributed by atoms with Crippen molar-refractivity contribution in [2.75, 3.05) is 33.0 Å². The first kappa shape index (κ1) is 46.5. The fourth-order valence-corrected chi connectivity index (χ4v) is 5.61. The summed E-state index contributed by atoms with van der Waals surface area (Å²) >= 11 is 1.52. The van der Waals surface area contributed by atoms with Crippen molar-refractivity contribution in [3.8, 4) is 5.75 Å². The van der Waals surface area contributed by atoms with Crippen molar-refractivity contribution >= 4 is 67.3 Å². The molecule has 0 aliphatic rings. The standard InChI is InChI=1S/C22H22O10.C17H14O5S.Na/c1-4-17(23)29-11-22(12-30-18(24)5-2,13-31-19(25)6-3)14-32-21(28)16-10-8-7-9-15(16)20(26)27;18-10(7-16(19)20)9-22-11-5-6-15-13(8-11)17(21)12-3-1-2-4-14(12)23-15;/h4-10H,1-3,11-14H2,(H,26,27);1-6,8,10,18H,7,9H2,(H,19,20);/q;;+1/p-1. The molecule has 1 unspecified atom stereocenters. The number of esters is 4. The fourth-order valence-electron chi connectivity index (χ4n) is 4.56. The van der Waals surface area contributed by atoms with Crippen LogP contribution in [0.5, 0.6) is 5.75 Å². The van der Waals surface area contributed by atoms with Crippen molar-refractivity contribution in [1.29, 1.82) is 0 Å². The van der Waals surface area contributed by atoms with Crippen LogP contribution in [0.1, 0.15) is 27.1 Å². The van der Waals surface area contributed by atoms with Crippen molar-refractivity contribution in [2.45, 2.75) is 12.5 Å². The fraction of sp³-hybridized carbons (Fsp3) is 0.205. The third kappa shape index (κ3) is 13.9. The van der Waals surface area contributed by atoms with Gasteiger partial charge in [-0.15, -0.1) is 11.3 Å². The molecule has 4 aromatic rings. The van der Waals surface area contributed by atoms with Gasteiger partial charge in [0.05, 0.1) is 17.2 Å². The van der Waals surface area contributed by atoms with Crippen molar-refractivity contribution in [3.05, 3.63) is 126 Å². The third-order valence-electron chi connectivity index (χ3n) is 7.34. The van der Waals surface area contributed by atoms with Gasteiger partial charge in [0.1, 0.15) is 44.2 Å². The summed E-state index contributed by atoms with van der Waals surface area (Å²) in [5.74, 6) is -5.77. The number of aliphatic carboxylic acids is 1. The second-order valence-electron chi connectivity index (χ2n) is 11.5. The van der Waals surface area contributed by atoms with Gasteiger partial charge in [0.25, 0.3) is 0 Å². The molecule has 0 spiro atoms. The largest absolute Gasteiger partial charge is 1.00 e. The number of aromatic carboxylic acids is 1. The van der Waals surface area contributed by atoms with Crippen molar-refractivity contribution in [2.24, 2.45) is 5.41 Å². The Hall–Kier alpha value is -5.65. The number of carbonyl (C=O) groups excluding carboxylic acids is 5. The normalized spacial score (nSPS) is 10.9. The van der Waals surface area contributed by atoms with E-state index in [2.05, 4.69) is 19.7 Å². The number of hydrogen-bond donors (Lipinski definition) is 2. The number of benzene rings is 3. The molecule has 0 aliphatic heterocycles. The summed E-state index contributed by atoms with van der Waals surface area (Å²) in [5, 5.41) is 30.3. The van der Waals surface area contributed by atoms with Gasteiger partial charge in [0.15, 0.2) is 5.43 Å². The Balaban J connectivity index is 0.000000397. The van der Waals surface area contributed by atoms with Crippen LogP contribution in [0.3, 0.4) is 0 Å². The molecule has 17 heteroatoms. The summed E-state index contributed by atoms with van der Waals surface area (Å²) in [6.07, 6.45) is 0.997. The van der Waals surface area contributed by atoms with Crippen LogP contribution in [0.4, 0.5) is 0 Å². The second kappa shape index (κ2) is 22.7. The first-order chi connectivity index (χ1) is 26.2. The molecule has 1 atom stereocenters. The van der Waals surface area contributed by atoms with Crippen LogP contribution >= 0.6 is 11.3 Å². The molecule has 3 aromatic carbocycles. The summed E-state index contributed by atoms with van der Waals surface area (Å²) in [5.41, 5.74) is -2.13. The Kier molecular flexibility index (Phi) is 18.8. The van der Waals surface area contributed by atoms with E-state index in [0.29, 0.717) is 16.5 Å². The zero-order chi connectivity index (χ0) is 40.5. The predicted octanol–water partition coefficient (Wildman–Crippen LogP) is 0.0140. The average molecular weight is 799 g/mol. The van der Waals surface area contributed by atoms with Gasteiger partial charge in [0, 0.05) is 50.8 Å². The second-order valence-corrected chi connectivity index (χ2v) is 12.6. The molecule has 0 saturated heterocycles. The molecule has 56 heavy (non-hydrogen) atoms. The summed E-state index contributed by atoms with van der Waals surface area (Å²) in [7, 11) is 0. The number of aliphatic hydroxyl groups excluding tert-OH is 1. The third-order valence-corrected chi connectivity index (χ3v) is 8.49. The van der Waals surface area contributed by atoms with E-state index in [1.807, 2.05) is 18.2 Å². The zero-order valence-electron chi connectivity index (χ0n) is 30.1. The number of ether oxygens (including phenoxy) is 5. The molecule has 0 amide bonds. The summed E-state index contributed by atoms with van der Waals surface area (Å²) in [4.78, 5) is 81.5. The number of rotatable bonds is 18. The van der Waals surface area contributed by atoms with Crippen molar-refractivity contribution in [3.63, 3.8) is 0 Å². The van der Waals surface area contributed by atoms with Crippen LogP contribution in [0.15, 0.2) is 109 Å². The molecule has 288 valence electrons. The maximum atomic E-state index is 12.5. The smallest absolute Gasteiger partial charge is 0.550 e. The van der Waals surface area contributed by atoms with Gasteiger partial charge < -0.3 is 43.8 Å². The summed E-state index contributed by atoms with van der Waals surface area (Å²) in [6.45, 7) is 7.55. The Morgan fingerprint density at radius 3 is 1.77 bits per heavy atom. The van der Waals surface area contributed by atoms with Crippen LogP contribution in [0.2, 0.25) is 0 Å². The number of hydrogen-bond acceptors (Lipinski definition) is 15. The Labute approximate surface area is 345 Å². The van der Waals surface area contributed by atoms with Crippen LogP contribution in [-0.4, -0.2) is 85.2 Å². The maximum Gasteiger partial charge on any atom is 1.00 e. The number of aliphatic hydroxyl groups is 1. The number of fused-ring (bicyclic) bond motifs is 2. The molecule has 0 radical (unpaired) electrons. The van der Waals surface area contributed by atoms with Gasteiger partial charge in [-0.25, -0.2) is 24.0 Å². The van der Waals surface area contributed by atoms with Crippen LogP contribution < -0.4 is 44.8 Å². The quantitative estimate of drug-likeness (QED) is 0.0444. The van der Waals surface area contributed by atoms with Gasteiger partial charge in [0.2, 0.25) is 0 Å². The van der Waals surface area contributed by atoms with Crippen LogP contribution in [0.25, 0.3) is 20.2 Å². The molecule has 1 aromatic heterocycles. The molecule has 1 heterocycles. The summed E-state index contributed by atoms with van der Waals surface area (Å²) in [6, 6.07) is 17.8. The van der Waals surface area contributed by atoms with Gasteiger partial charge in [-0.2, -0.15) is 0 Å². The van der Waals surface area contributed by atoms with E-state index in [1.165, 1.54) is 35.6 Å². The van der Waals surface area contributed by atoms with E-state index in [-0.39, 0.29) is 52.7 Å². The molecule has 0 fully saturated rings. The van der Waals surface area contributed by atoms with Crippen molar-refractivity contribution < 1.29 is 97.3 Å². The van der Waals surface area contributed by atoms with E-state index in [4.69, 9.17) is 23.7 Å². The molecule has 2 N–H and O–H groups in total. The average Bonchev–Trinajstić information content (AvgIpc) is 3.19. The van der Waals surface area contributed by atoms with E-state index < -0.39 is 80.2 Å². The summed E-state index contributed by atoms with van der Waals surface area (Å²) < 4.78 is 27.4. The Morgan fingerprint density at radius 2 is 1.23 bits per heavy atom. The number of carboxylic acids is 2. The first-order valence-corrected chi connectivity index (χ1v) is 16.9. The zero-order valence-corrected chi connectivity index (χ0v) is 33.0. The van der Waals surface area contributed by atoms with E-state index >= 15 is 0 Å². The SMILES string of the molecule is C=CC(=O)OCC(COC(=O)C=C)(COC(=O)C=C)COC(=O)c1ccccc1C(=O)O.O=C([O-])CC(O)COc1ccc2sc3ccccc3c(=O)c2c1.[Na+]. The van der Waals surface area contributed by atoms with E-state index in [9.17, 15) is 48.9 Å². The Bertz CT molecular complexity index is 2100. The van der Waals surface area contributed by atoms with Gasteiger partial charge >= 0.3 is 59.4 Å².